The van der Waals surface area contributed by atoms with Gasteiger partial charge in [-0.1, -0.05) is 0 Å². The molecular formula is C24H23N5O3S. The Hall–Kier alpha value is -3.56. The second kappa shape index (κ2) is 9.13. The van der Waals surface area contributed by atoms with Gasteiger partial charge in [0, 0.05) is 35.8 Å². The fourth-order valence-corrected chi connectivity index (χ4v) is 4.70. The Balaban J connectivity index is 1.58. The summed E-state index contributed by atoms with van der Waals surface area (Å²) in [7, 11) is 1.64. The van der Waals surface area contributed by atoms with Gasteiger partial charge in [0.2, 0.25) is 0 Å². The van der Waals surface area contributed by atoms with E-state index in [1.54, 1.807) is 25.7 Å². The first-order valence-corrected chi connectivity index (χ1v) is 11.5. The van der Waals surface area contributed by atoms with Crippen molar-refractivity contribution >= 4 is 17.2 Å². The number of rotatable bonds is 6. The maximum atomic E-state index is 13.1. The fraction of sp³-hybridized carbons (Fsp3) is 0.250. The van der Waals surface area contributed by atoms with Gasteiger partial charge in [-0.3, -0.25) is 14.8 Å². The van der Waals surface area contributed by atoms with Crippen molar-refractivity contribution in [3.05, 3.63) is 65.6 Å². The van der Waals surface area contributed by atoms with Crippen LogP contribution >= 0.6 is 11.3 Å². The van der Waals surface area contributed by atoms with Crippen molar-refractivity contribution in [2.45, 2.75) is 26.0 Å². The first kappa shape index (κ1) is 21.3. The molecular weight excluding hydrogens is 438 g/mol. The fourth-order valence-electron chi connectivity index (χ4n) is 3.92. The SMILES string of the molecule is COc1ccc(-n2c(-c3csc(-c4cnccn4)n3)cc(C(=O)NC3CCCO3)c2C)cc1. The third-order valence-corrected chi connectivity index (χ3v) is 6.46. The van der Waals surface area contributed by atoms with Crippen LogP contribution in [-0.4, -0.2) is 45.4 Å². The largest absolute Gasteiger partial charge is 0.497 e. The van der Waals surface area contributed by atoms with E-state index in [0.29, 0.717) is 17.9 Å². The van der Waals surface area contributed by atoms with Gasteiger partial charge in [-0.2, -0.15) is 0 Å². The molecule has 168 valence electrons. The van der Waals surface area contributed by atoms with Crippen molar-refractivity contribution < 1.29 is 14.3 Å². The molecule has 8 nitrogen and oxygen atoms in total. The molecule has 0 bridgehead atoms. The Bertz CT molecular complexity index is 1260. The molecule has 0 spiro atoms. The van der Waals surface area contributed by atoms with Gasteiger partial charge < -0.3 is 19.4 Å². The number of nitrogens with one attached hydrogen (secondary N) is 1. The van der Waals surface area contributed by atoms with Gasteiger partial charge in [0.1, 0.15) is 22.7 Å². The van der Waals surface area contributed by atoms with Gasteiger partial charge in [-0.25, -0.2) is 4.98 Å². The molecule has 4 heterocycles. The van der Waals surface area contributed by atoms with Crippen LogP contribution in [0.5, 0.6) is 5.75 Å². The second-order valence-corrected chi connectivity index (χ2v) is 8.52. The quantitative estimate of drug-likeness (QED) is 0.462. The number of benzene rings is 1. The van der Waals surface area contributed by atoms with E-state index in [-0.39, 0.29) is 12.1 Å². The summed E-state index contributed by atoms with van der Waals surface area (Å²) in [5.41, 5.74) is 4.61. The van der Waals surface area contributed by atoms with E-state index in [2.05, 4.69) is 15.3 Å². The summed E-state index contributed by atoms with van der Waals surface area (Å²) in [6.45, 7) is 2.61. The Morgan fingerprint density at radius 3 is 2.79 bits per heavy atom. The molecule has 1 fully saturated rings. The molecule has 1 aliphatic heterocycles. The lowest BCUT2D eigenvalue weighted by Gasteiger charge is -2.13. The van der Waals surface area contributed by atoms with Gasteiger partial charge in [-0.05, 0) is 50.1 Å². The lowest BCUT2D eigenvalue weighted by molar-refractivity contribution is 0.0639. The average Bonchev–Trinajstić information content (AvgIpc) is 3.60. The summed E-state index contributed by atoms with van der Waals surface area (Å²) in [6.07, 6.45) is 6.50. The summed E-state index contributed by atoms with van der Waals surface area (Å²) in [5.74, 6) is 0.609. The van der Waals surface area contributed by atoms with Gasteiger partial charge in [0.25, 0.3) is 5.91 Å². The summed E-state index contributed by atoms with van der Waals surface area (Å²) >= 11 is 1.49. The van der Waals surface area contributed by atoms with Crippen LogP contribution in [0.4, 0.5) is 0 Å². The predicted octanol–water partition coefficient (Wildman–Crippen LogP) is 4.24. The lowest BCUT2D eigenvalue weighted by Crippen LogP contribution is -2.34. The van der Waals surface area contributed by atoms with Crippen LogP contribution in [-0.2, 0) is 4.74 Å². The second-order valence-electron chi connectivity index (χ2n) is 7.67. The number of carbonyl (C=O) groups excluding carboxylic acids is 1. The summed E-state index contributed by atoms with van der Waals surface area (Å²) in [4.78, 5) is 26.4. The van der Waals surface area contributed by atoms with E-state index in [1.807, 2.05) is 47.2 Å². The molecule has 3 aromatic heterocycles. The highest BCUT2D eigenvalue weighted by atomic mass is 32.1. The Labute approximate surface area is 195 Å². The van der Waals surface area contributed by atoms with Gasteiger partial charge in [0.05, 0.1) is 30.3 Å². The number of hydrogen-bond donors (Lipinski definition) is 1. The Morgan fingerprint density at radius 2 is 2.09 bits per heavy atom. The van der Waals surface area contributed by atoms with E-state index in [0.717, 1.165) is 46.4 Å². The zero-order valence-electron chi connectivity index (χ0n) is 18.3. The molecule has 1 aromatic carbocycles. The maximum Gasteiger partial charge on any atom is 0.255 e. The Morgan fingerprint density at radius 1 is 1.24 bits per heavy atom. The van der Waals surface area contributed by atoms with Crippen molar-refractivity contribution in [2.75, 3.05) is 13.7 Å². The molecule has 33 heavy (non-hydrogen) atoms. The lowest BCUT2D eigenvalue weighted by atomic mass is 10.2. The molecule has 5 rings (SSSR count). The van der Waals surface area contributed by atoms with Gasteiger partial charge in [0.15, 0.2) is 0 Å². The van der Waals surface area contributed by atoms with Crippen LogP contribution in [0.2, 0.25) is 0 Å². The summed E-state index contributed by atoms with van der Waals surface area (Å²) < 4.78 is 12.9. The average molecular weight is 462 g/mol. The number of carbonyl (C=O) groups is 1. The molecule has 1 unspecified atom stereocenters. The Kier molecular flexibility index (Phi) is 5.89. The molecule has 4 aromatic rings. The zero-order valence-corrected chi connectivity index (χ0v) is 19.1. The normalized spacial score (nSPS) is 15.5. The van der Waals surface area contributed by atoms with Crippen molar-refractivity contribution in [1.29, 1.82) is 0 Å². The molecule has 1 N–H and O–H groups in total. The molecule has 0 radical (unpaired) electrons. The third-order valence-electron chi connectivity index (χ3n) is 5.59. The molecule has 0 saturated carbocycles. The van der Waals surface area contributed by atoms with Crippen LogP contribution in [0.3, 0.4) is 0 Å². The van der Waals surface area contributed by atoms with Gasteiger partial charge in [-0.15, -0.1) is 11.3 Å². The minimum Gasteiger partial charge on any atom is -0.497 e. The highest BCUT2D eigenvalue weighted by molar-refractivity contribution is 7.13. The third kappa shape index (κ3) is 4.24. The van der Waals surface area contributed by atoms with Crippen LogP contribution < -0.4 is 10.1 Å². The topological polar surface area (TPSA) is 91.2 Å². The number of aromatic nitrogens is 4. The molecule has 1 saturated heterocycles. The molecule has 1 aliphatic rings. The van der Waals surface area contributed by atoms with E-state index in [9.17, 15) is 4.79 Å². The first-order chi connectivity index (χ1) is 16.1. The number of amides is 1. The number of ether oxygens (including phenoxy) is 2. The van der Waals surface area contributed by atoms with Crippen LogP contribution in [0.1, 0.15) is 28.9 Å². The number of thiazole rings is 1. The van der Waals surface area contributed by atoms with Crippen LogP contribution in [0.15, 0.2) is 54.3 Å². The smallest absolute Gasteiger partial charge is 0.255 e. The number of methoxy groups -OCH3 is 1. The van der Waals surface area contributed by atoms with Crippen molar-refractivity contribution in [3.8, 4) is 33.5 Å². The van der Waals surface area contributed by atoms with Crippen molar-refractivity contribution in [3.63, 3.8) is 0 Å². The van der Waals surface area contributed by atoms with E-state index >= 15 is 0 Å². The highest BCUT2D eigenvalue weighted by Gasteiger charge is 2.24. The molecule has 0 aliphatic carbocycles. The summed E-state index contributed by atoms with van der Waals surface area (Å²) in [5, 5.41) is 5.74. The van der Waals surface area contributed by atoms with Crippen molar-refractivity contribution in [2.24, 2.45) is 0 Å². The minimum atomic E-state index is -0.243. The molecule has 1 atom stereocenters. The van der Waals surface area contributed by atoms with Crippen molar-refractivity contribution in [1.82, 2.24) is 24.8 Å². The highest BCUT2D eigenvalue weighted by Crippen LogP contribution is 2.33. The predicted molar refractivity (Wildman–Crippen MR) is 126 cm³/mol. The first-order valence-electron chi connectivity index (χ1n) is 10.7. The maximum absolute atomic E-state index is 13.1. The van der Waals surface area contributed by atoms with Gasteiger partial charge >= 0.3 is 0 Å². The van der Waals surface area contributed by atoms with Crippen LogP contribution in [0.25, 0.3) is 27.8 Å². The zero-order chi connectivity index (χ0) is 22.8. The number of hydrogen-bond acceptors (Lipinski definition) is 7. The van der Waals surface area contributed by atoms with E-state index in [4.69, 9.17) is 14.5 Å². The molecule has 9 heteroatoms. The standard InChI is InChI=1S/C24H23N5O3S/c1-15-18(23(30)28-22-4-3-11-32-22)12-21(29(15)16-5-7-17(31-2)8-6-16)20-14-33-24(27-20)19-13-25-9-10-26-19/h5-10,12-14,22H,3-4,11H2,1-2H3,(H,28,30). The van der Waals surface area contributed by atoms with Crippen LogP contribution in [0, 0.1) is 6.92 Å². The summed E-state index contributed by atoms with van der Waals surface area (Å²) in [6, 6.07) is 9.62. The minimum absolute atomic E-state index is 0.155. The molecule has 1 amide bonds. The van der Waals surface area contributed by atoms with E-state index < -0.39 is 0 Å². The monoisotopic (exact) mass is 461 g/mol. The van der Waals surface area contributed by atoms with E-state index in [1.165, 1.54) is 11.3 Å². The number of nitrogens with zero attached hydrogens (tertiary/aromatic N) is 4.